The van der Waals surface area contributed by atoms with Gasteiger partial charge in [0.1, 0.15) is 5.82 Å². The first-order valence-corrected chi connectivity index (χ1v) is 10.3. The molecule has 3 aromatic rings. The predicted molar refractivity (Wildman–Crippen MR) is 118 cm³/mol. The number of aryl methyl sites for hydroxylation is 1. The number of pyridine rings is 1. The molecule has 0 spiro atoms. The van der Waals surface area contributed by atoms with Crippen LogP contribution in [-0.2, 0) is 12.5 Å². The van der Waals surface area contributed by atoms with E-state index in [1.54, 1.807) is 12.1 Å². The summed E-state index contributed by atoms with van der Waals surface area (Å²) in [7, 11) is 4.00. The summed E-state index contributed by atoms with van der Waals surface area (Å²) in [6.07, 6.45) is -0.235. The molecule has 4 rings (SSSR count). The van der Waals surface area contributed by atoms with Gasteiger partial charge in [-0.15, -0.1) is 0 Å². The maximum Gasteiger partial charge on any atom is 0.275 e. The van der Waals surface area contributed by atoms with Crippen molar-refractivity contribution in [1.82, 2.24) is 9.88 Å². The van der Waals surface area contributed by atoms with Gasteiger partial charge in [0.2, 0.25) is 0 Å². The van der Waals surface area contributed by atoms with Crippen molar-refractivity contribution in [2.45, 2.75) is 31.9 Å². The summed E-state index contributed by atoms with van der Waals surface area (Å²) in [5, 5.41) is 1.06. The Balaban J connectivity index is 1.84. The van der Waals surface area contributed by atoms with E-state index in [0.29, 0.717) is 24.5 Å². The van der Waals surface area contributed by atoms with Gasteiger partial charge in [0.05, 0.1) is 5.52 Å². The minimum Gasteiger partial charge on any atom is -0.352 e. The van der Waals surface area contributed by atoms with E-state index in [-0.39, 0.29) is 24.6 Å². The Bertz CT molecular complexity index is 1060. The lowest BCUT2D eigenvalue weighted by Gasteiger charge is -2.28. The maximum atomic E-state index is 14.7. The van der Waals surface area contributed by atoms with Gasteiger partial charge in [-0.25, -0.2) is 13.8 Å². The van der Waals surface area contributed by atoms with Gasteiger partial charge in [0.15, 0.2) is 0 Å². The molecule has 0 bridgehead atoms. The zero-order valence-corrected chi connectivity index (χ0v) is 17.7. The second-order valence-corrected chi connectivity index (χ2v) is 8.34. The molecule has 0 saturated heterocycles. The fourth-order valence-corrected chi connectivity index (χ4v) is 4.31. The van der Waals surface area contributed by atoms with Gasteiger partial charge in [-0.1, -0.05) is 35.9 Å². The number of hydrogen-bond donors (Lipinski definition) is 1. The molecule has 1 atom stereocenters. The fraction of sp³-hybridized carbons (Fsp3) is 0.375. The number of aromatic nitrogens is 1. The molecule has 0 radical (unpaired) electrons. The molecule has 1 aliphatic heterocycles. The standard InChI is InChI=1S/C24H28F2N4/c1-16-8-9-21-18(12-16)19(22(14-27)29(2)3)13-23(28-21)30-11-10-24(25,26)20-7-5-4-6-17(20)15-30/h4-9,12-13,22H,10-11,14-15,27H2,1-3H3. The highest BCUT2D eigenvalue weighted by atomic mass is 19.3. The first-order valence-electron chi connectivity index (χ1n) is 10.3. The second kappa shape index (κ2) is 7.93. The Labute approximate surface area is 176 Å². The summed E-state index contributed by atoms with van der Waals surface area (Å²) < 4.78 is 29.5. The summed E-state index contributed by atoms with van der Waals surface area (Å²) in [4.78, 5) is 8.91. The highest BCUT2D eigenvalue weighted by Gasteiger charge is 2.37. The lowest BCUT2D eigenvalue weighted by atomic mass is 9.99. The number of hydrogen-bond acceptors (Lipinski definition) is 4. The third-order valence-corrected chi connectivity index (χ3v) is 5.98. The molecule has 2 N–H and O–H groups in total. The number of nitrogens with two attached hydrogens (primary N) is 1. The van der Waals surface area contributed by atoms with Gasteiger partial charge in [0, 0.05) is 43.0 Å². The minimum absolute atomic E-state index is 0.0109. The van der Waals surface area contributed by atoms with Crippen molar-refractivity contribution in [2.75, 3.05) is 32.1 Å². The Hall–Kier alpha value is -2.57. The van der Waals surface area contributed by atoms with Gasteiger partial charge in [0.25, 0.3) is 5.92 Å². The second-order valence-electron chi connectivity index (χ2n) is 8.34. The van der Waals surface area contributed by atoms with Crippen molar-refractivity contribution in [1.29, 1.82) is 0 Å². The average molecular weight is 411 g/mol. The summed E-state index contributed by atoms with van der Waals surface area (Å²) in [6, 6.07) is 15.0. The quantitative estimate of drug-likeness (QED) is 0.682. The molecule has 0 fully saturated rings. The number of rotatable bonds is 4. The van der Waals surface area contributed by atoms with E-state index in [2.05, 4.69) is 17.9 Å². The van der Waals surface area contributed by atoms with Gasteiger partial charge in [-0.2, -0.15) is 0 Å². The van der Waals surface area contributed by atoms with Crippen LogP contribution in [0.15, 0.2) is 48.5 Å². The first kappa shape index (κ1) is 20.7. The van der Waals surface area contributed by atoms with Crippen LogP contribution >= 0.6 is 0 Å². The molecule has 1 unspecified atom stereocenters. The van der Waals surface area contributed by atoms with E-state index in [1.807, 2.05) is 43.3 Å². The van der Waals surface area contributed by atoms with Crippen LogP contribution in [0.4, 0.5) is 14.6 Å². The van der Waals surface area contributed by atoms with Crippen LogP contribution in [0, 0.1) is 6.92 Å². The number of anilines is 1. The van der Waals surface area contributed by atoms with E-state index in [0.717, 1.165) is 22.0 Å². The largest absolute Gasteiger partial charge is 0.352 e. The number of fused-ring (bicyclic) bond motifs is 2. The Kier molecular flexibility index (Phi) is 5.47. The molecule has 0 amide bonds. The van der Waals surface area contributed by atoms with E-state index >= 15 is 0 Å². The topological polar surface area (TPSA) is 45.4 Å². The molecule has 1 aromatic heterocycles. The van der Waals surface area contributed by atoms with Crippen molar-refractivity contribution in [3.63, 3.8) is 0 Å². The summed E-state index contributed by atoms with van der Waals surface area (Å²) in [5.74, 6) is -2.12. The predicted octanol–water partition coefficient (Wildman–Crippen LogP) is 4.61. The molecule has 0 aliphatic carbocycles. The maximum absolute atomic E-state index is 14.7. The van der Waals surface area contributed by atoms with Crippen LogP contribution in [0.3, 0.4) is 0 Å². The van der Waals surface area contributed by atoms with E-state index in [1.165, 1.54) is 6.07 Å². The van der Waals surface area contributed by atoms with Gasteiger partial charge >= 0.3 is 0 Å². The first-order chi connectivity index (χ1) is 14.3. The molecule has 2 heterocycles. The molecule has 158 valence electrons. The zero-order chi connectivity index (χ0) is 21.5. The van der Waals surface area contributed by atoms with Crippen LogP contribution < -0.4 is 10.6 Å². The number of halogens is 2. The smallest absolute Gasteiger partial charge is 0.275 e. The van der Waals surface area contributed by atoms with Gasteiger partial charge in [-0.3, -0.25) is 0 Å². The van der Waals surface area contributed by atoms with E-state index in [4.69, 9.17) is 10.7 Å². The molecule has 30 heavy (non-hydrogen) atoms. The van der Waals surface area contributed by atoms with Crippen LogP contribution in [0.2, 0.25) is 0 Å². The van der Waals surface area contributed by atoms with Crippen LogP contribution in [0.1, 0.15) is 34.7 Å². The molecule has 6 heteroatoms. The van der Waals surface area contributed by atoms with Gasteiger partial charge < -0.3 is 15.5 Å². The lowest BCUT2D eigenvalue weighted by molar-refractivity contribution is -0.00967. The molecular weight excluding hydrogens is 382 g/mol. The summed E-state index contributed by atoms with van der Waals surface area (Å²) >= 11 is 0. The Morgan fingerprint density at radius 2 is 1.93 bits per heavy atom. The normalized spacial score (nSPS) is 17.1. The lowest BCUT2D eigenvalue weighted by Crippen LogP contribution is -2.29. The zero-order valence-electron chi connectivity index (χ0n) is 17.7. The van der Waals surface area contributed by atoms with Crippen LogP contribution in [0.25, 0.3) is 10.9 Å². The number of alkyl halides is 2. The van der Waals surface area contributed by atoms with E-state index in [9.17, 15) is 8.78 Å². The molecule has 1 aliphatic rings. The Morgan fingerprint density at radius 3 is 2.67 bits per heavy atom. The number of nitrogens with zero attached hydrogens (tertiary/aromatic N) is 3. The highest BCUT2D eigenvalue weighted by Crippen LogP contribution is 2.39. The molecular formula is C24H28F2N4. The number of benzene rings is 2. The molecule has 2 aromatic carbocycles. The van der Waals surface area contributed by atoms with Crippen molar-refractivity contribution >= 4 is 16.7 Å². The molecule has 0 saturated carbocycles. The van der Waals surface area contributed by atoms with Crippen molar-refractivity contribution in [3.8, 4) is 0 Å². The fourth-order valence-electron chi connectivity index (χ4n) is 4.31. The SMILES string of the molecule is Cc1ccc2nc(N3CCC(F)(F)c4ccccc4C3)cc(C(CN)N(C)C)c2c1. The summed E-state index contributed by atoms with van der Waals surface area (Å²) in [5.41, 5.74) is 9.97. The van der Waals surface area contributed by atoms with E-state index < -0.39 is 5.92 Å². The van der Waals surface area contributed by atoms with Crippen molar-refractivity contribution in [3.05, 3.63) is 70.8 Å². The summed E-state index contributed by atoms with van der Waals surface area (Å²) in [6.45, 7) is 3.16. The van der Waals surface area contributed by atoms with Crippen molar-refractivity contribution in [2.24, 2.45) is 5.73 Å². The Morgan fingerprint density at radius 1 is 1.17 bits per heavy atom. The number of likely N-dealkylation sites (N-methyl/N-ethyl adjacent to an activating group) is 1. The monoisotopic (exact) mass is 410 g/mol. The third kappa shape index (κ3) is 3.77. The average Bonchev–Trinajstić information content (AvgIpc) is 2.84. The van der Waals surface area contributed by atoms with Crippen molar-refractivity contribution < 1.29 is 8.78 Å². The molecule has 4 nitrogen and oxygen atoms in total. The van der Waals surface area contributed by atoms with Gasteiger partial charge in [-0.05, 0) is 50.3 Å². The van der Waals surface area contributed by atoms with Crippen LogP contribution in [-0.4, -0.2) is 37.1 Å². The highest BCUT2D eigenvalue weighted by molar-refractivity contribution is 5.85. The minimum atomic E-state index is -2.84. The van der Waals surface area contributed by atoms with Crippen LogP contribution in [0.5, 0.6) is 0 Å². The third-order valence-electron chi connectivity index (χ3n) is 5.98.